The molecular formula is C21H27NO2. The van der Waals surface area contributed by atoms with Crippen LogP contribution in [-0.2, 0) is 6.42 Å². The molecule has 0 unspecified atom stereocenters. The van der Waals surface area contributed by atoms with Gasteiger partial charge >= 0.3 is 0 Å². The van der Waals surface area contributed by atoms with E-state index in [1.165, 1.54) is 32.1 Å². The number of hydrogen-bond donors (Lipinski definition) is 1. The van der Waals surface area contributed by atoms with E-state index in [1.54, 1.807) is 0 Å². The van der Waals surface area contributed by atoms with E-state index in [0.717, 1.165) is 34.6 Å². The Hall–Kier alpha value is -2.03. The van der Waals surface area contributed by atoms with Crippen LogP contribution >= 0.6 is 0 Å². The van der Waals surface area contributed by atoms with Gasteiger partial charge in [0.15, 0.2) is 0 Å². The van der Waals surface area contributed by atoms with E-state index in [1.807, 2.05) is 31.2 Å². The van der Waals surface area contributed by atoms with Crippen LogP contribution in [0.2, 0.25) is 0 Å². The van der Waals surface area contributed by atoms with Gasteiger partial charge in [0.05, 0.1) is 17.7 Å². The smallest absolute Gasteiger partial charge is 0.218 e. The fourth-order valence-electron chi connectivity index (χ4n) is 3.65. The van der Waals surface area contributed by atoms with Crippen LogP contribution in [0.25, 0.3) is 10.9 Å². The van der Waals surface area contributed by atoms with Crippen molar-refractivity contribution in [2.45, 2.75) is 51.9 Å². The Balaban J connectivity index is 1.72. The minimum Gasteiger partial charge on any atom is -0.493 e. The minimum absolute atomic E-state index is 0.0811. The normalized spacial score (nSPS) is 15.5. The lowest BCUT2D eigenvalue weighted by Gasteiger charge is -2.13. The van der Waals surface area contributed by atoms with E-state index in [4.69, 9.17) is 4.74 Å². The van der Waals surface area contributed by atoms with E-state index in [-0.39, 0.29) is 5.88 Å². The number of rotatable bonds is 7. The van der Waals surface area contributed by atoms with Gasteiger partial charge in [-0.05, 0) is 44.2 Å². The van der Waals surface area contributed by atoms with Crippen molar-refractivity contribution in [3.05, 3.63) is 42.0 Å². The molecule has 3 heteroatoms. The predicted molar refractivity (Wildman–Crippen MR) is 98.6 cm³/mol. The van der Waals surface area contributed by atoms with E-state index in [0.29, 0.717) is 13.0 Å². The zero-order valence-corrected chi connectivity index (χ0v) is 14.5. The number of hydrogen-bond acceptors (Lipinski definition) is 3. The summed E-state index contributed by atoms with van der Waals surface area (Å²) >= 11 is 0. The van der Waals surface area contributed by atoms with Crippen molar-refractivity contribution in [2.24, 2.45) is 5.92 Å². The molecular weight excluding hydrogens is 298 g/mol. The number of pyridine rings is 1. The molecule has 2 aromatic rings. The molecule has 0 atom stereocenters. The van der Waals surface area contributed by atoms with Crippen LogP contribution in [0.15, 0.2) is 36.4 Å². The quantitative estimate of drug-likeness (QED) is 0.692. The van der Waals surface area contributed by atoms with Crippen LogP contribution in [0.3, 0.4) is 0 Å². The van der Waals surface area contributed by atoms with Gasteiger partial charge in [-0.1, -0.05) is 50.0 Å². The SMILES string of the molecule is CCOc1c(C/C=C\CCC2CCCC2)c(O)nc2ccccc12. The number of ether oxygens (including phenoxy) is 1. The third-order valence-corrected chi connectivity index (χ3v) is 4.91. The summed E-state index contributed by atoms with van der Waals surface area (Å²) < 4.78 is 5.84. The van der Waals surface area contributed by atoms with Gasteiger partial charge in [-0.3, -0.25) is 0 Å². The Labute approximate surface area is 144 Å². The van der Waals surface area contributed by atoms with E-state index >= 15 is 0 Å². The molecule has 0 radical (unpaired) electrons. The molecule has 1 aromatic heterocycles. The summed E-state index contributed by atoms with van der Waals surface area (Å²) in [5, 5.41) is 11.3. The largest absolute Gasteiger partial charge is 0.493 e. The maximum atomic E-state index is 10.3. The monoisotopic (exact) mass is 325 g/mol. The second kappa shape index (κ2) is 8.18. The molecule has 1 aliphatic carbocycles. The summed E-state index contributed by atoms with van der Waals surface area (Å²) in [5.74, 6) is 1.77. The summed E-state index contributed by atoms with van der Waals surface area (Å²) in [6.07, 6.45) is 13.1. The molecule has 0 amide bonds. The molecule has 1 heterocycles. The van der Waals surface area contributed by atoms with Crippen LogP contribution in [0.1, 0.15) is 51.0 Å². The Bertz CT molecular complexity index is 702. The van der Waals surface area contributed by atoms with E-state index < -0.39 is 0 Å². The zero-order chi connectivity index (χ0) is 16.8. The van der Waals surface area contributed by atoms with Gasteiger partial charge in [0.25, 0.3) is 0 Å². The van der Waals surface area contributed by atoms with Crippen LogP contribution < -0.4 is 4.74 Å². The van der Waals surface area contributed by atoms with Crippen molar-refractivity contribution in [3.63, 3.8) is 0 Å². The van der Waals surface area contributed by atoms with E-state index in [2.05, 4.69) is 17.1 Å². The Morgan fingerprint density at radius 3 is 2.79 bits per heavy atom. The van der Waals surface area contributed by atoms with E-state index in [9.17, 15) is 5.11 Å². The molecule has 1 fully saturated rings. The summed E-state index contributed by atoms with van der Waals surface area (Å²) in [4.78, 5) is 4.32. The molecule has 128 valence electrons. The highest BCUT2D eigenvalue weighted by atomic mass is 16.5. The standard InChI is InChI=1S/C21H27NO2/c1-2-24-20-17-13-8-9-15-19(17)22-21(23)18(20)14-5-3-4-10-16-11-6-7-12-16/h3,5,8-9,13,15-16H,2,4,6-7,10-12,14H2,1H3,(H,22,23)/b5-3-. The van der Waals surface area contributed by atoms with Gasteiger partial charge in [-0.15, -0.1) is 0 Å². The van der Waals surface area contributed by atoms with Gasteiger partial charge in [-0.25, -0.2) is 4.98 Å². The van der Waals surface area contributed by atoms with Crippen LogP contribution in [0.5, 0.6) is 11.6 Å². The Morgan fingerprint density at radius 1 is 1.21 bits per heavy atom. The Kier molecular flexibility index (Phi) is 5.73. The maximum Gasteiger partial charge on any atom is 0.218 e. The third kappa shape index (κ3) is 3.89. The van der Waals surface area contributed by atoms with Gasteiger partial charge in [0.1, 0.15) is 5.75 Å². The van der Waals surface area contributed by atoms with Crippen molar-refractivity contribution in [1.82, 2.24) is 4.98 Å². The molecule has 24 heavy (non-hydrogen) atoms. The molecule has 0 aliphatic heterocycles. The molecule has 3 nitrogen and oxygen atoms in total. The summed E-state index contributed by atoms with van der Waals surface area (Å²) in [6, 6.07) is 7.80. The Morgan fingerprint density at radius 2 is 2.00 bits per heavy atom. The first-order valence-corrected chi connectivity index (χ1v) is 9.18. The lowest BCUT2D eigenvalue weighted by Crippen LogP contribution is -1.99. The maximum absolute atomic E-state index is 10.3. The first-order chi connectivity index (χ1) is 11.8. The first-order valence-electron chi connectivity index (χ1n) is 9.18. The third-order valence-electron chi connectivity index (χ3n) is 4.91. The molecule has 1 aliphatic rings. The lowest BCUT2D eigenvalue weighted by molar-refractivity contribution is 0.336. The summed E-state index contributed by atoms with van der Waals surface area (Å²) in [7, 11) is 0. The zero-order valence-electron chi connectivity index (χ0n) is 14.5. The van der Waals surface area contributed by atoms with Gasteiger partial charge in [0, 0.05) is 5.39 Å². The highest BCUT2D eigenvalue weighted by molar-refractivity contribution is 5.87. The van der Waals surface area contributed by atoms with Crippen LogP contribution in [0, 0.1) is 5.92 Å². The fraction of sp³-hybridized carbons (Fsp3) is 0.476. The number of aromatic nitrogens is 1. The van der Waals surface area contributed by atoms with Crippen molar-refractivity contribution in [2.75, 3.05) is 6.61 Å². The summed E-state index contributed by atoms with van der Waals surface area (Å²) in [6.45, 7) is 2.54. The highest BCUT2D eigenvalue weighted by Crippen LogP contribution is 2.35. The minimum atomic E-state index is 0.0811. The highest BCUT2D eigenvalue weighted by Gasteiger charge is 2.15. The van der Waals surface area contributed by atoms with Crippen molar-refractivity contribution < 1.29 is 9.84 Å². The molecule has 3 rings (SSSR count). The second-order valence-corrected chi connectivity index (χ2v) is 6.60. The van der Waals surface area contributed by atoms with Crippen LogP contribution in [-0.4, -0.2) is 16.7 Å². The number of nitrogens with zero attached hydrogens (tertiary/aromatic N) is 1. The van der Waals surface area contributed by atoms with Crippen molar-refractivity contribution in [3.8, 4) is 11.6 Å². The molecule has 0 saturated heterocycles. The first kappa shape index (κ1) is 16.8. The molecule has 1 N–H and O–H groups in total. The fourth-order valence-corrected chi connectivity index (χ4v) is 3.65. The van der Waals surface area contributed by atoms with Crippen molar-refractivity contribution in [1.29, 1.82) is 0 Å². The average Bonchev–Trinajstić information content (AvgIpc) is 3.10. The molecule has 0 bridgehead atoms. The lowest BCUT2D eigenvalue weighted by atomic mass is 10.0. The number of para-hydroxylation sites is 1. The number of fused-ring (bicyclic) bond motifs is 1. The van der Waals surface area contributed by atoms with Gasteiger partial charge in [0.2, 0.25) is 5.88 Å². The molecule has 0 spiro atoms. The number of aromatic hydroxyl groups is 1. The average molecular weight is 325 g/mol. The molecule has 1 saturated carbocycles. The van der Waals surface area contributed by atoms with Gasteiger partial charge < -0.3 is 9.84 Å². The number of benzene rings is 1. The number of allylic oxidation sites excluding steroid dienone is 2. The second-order valence-electron chi connectivity index (χ2n) is 6.60. The predicted octanol–water partition coefficient (Wildman–Crippen LogP) is 5.41. The van der Waals surface area contributed by atoms with Gasteiger partial charge in [-0.2, -0.15) is 0 Å². The van der Waals surface area contributed by atoms with Crippen molar-refractivity contribution >= 4 is 10.9 Å². The molecule has 1 aromatic carbocycles. The topological polar surface area (TPSA) is 42.4 Å². The summed E-state index contributed by atoms with van der Waals surface area (Å²) in [5.41, 5.74) is 1.56. The van der Waals surface area contributed by atoms with Crippen LogP contribution in [0.4, 0.5) is 0 Å².